The summed E-state index contributed by atoms with van der Waals surface area (Å²) in [5, 5.41) is 11.5. The normalized spacial score (nSPS) is 25.7. The molecule has 2 heterocycles. The van der Waals surface area contributed by atoms with Crippen molar-refractivity contribution in [3.05, 3.63) is 35.6 Å². The van der Waals surface area contributed by atoms with Gasteiger partial charge in [0.25, 0.3) is 0 Å². The molecule has 0 bridgehead atoms. The van der Waals surface area contributed by atoms with Gasteiger partial charge in [-0.2, -0.15) is 0 Å². The lowest BCUT2D eigenvalue weighted by molar-refractivity contribution is -0.0869. The van der Waals surface area contributed by atoms with Crippen LogP contribution < -0.4 is 0 Å². The van der Waals surface area contributed by atoms with Crippen molar-refractivity contribution >= 4 is 11.0 Å². The summed E-state index contributed by atoms with van der Waals surface area (Å²) < 4.78 is 11.5. The fourth-order valence-corrected chi connectivity index (χ4v) is 2.68. The van der Waals surface area contributed by atoms with Crippen LogP contribution in [0, 0.1) is 6.92 Å². The Hall–Kier alpha value is -1.32. The molecule has 1 aromatic heterocycles. The van der Waals surface area contributed by atoms with Crippen LogP contribution in [0.5, 0.6) is 0 Å². The lowest BCUT2D eigenvalue weighted by Gasteiger charge is -2.27. The van der Waals surface area contributed by atoms with Gasteiger partial charge in [-0.3, -0.25) is 0 Å². The van der Waals surface area contributed by atoms with Crippen LogP contribution in [0.25, 0.3) is 11.0 Å². The number of aryl methyl sites for hydroxylation is 1. The van der Waals surface area contributed by atoms with E-state index in [1.54, 1.807) is 0 Å². The number of furan rings is 1. The Labute approximate surface area is 106 Å². The molecule has 0 spiro atoms. The third-order valence-electron chi connectivity index (χ3n) is 3.86. The molecule has 3 rings (SSSR count). The molecule has 1 aliphatic heterocycles. The van der Waals surface area contributed by atoms with Gasteiger partial charge in [-0.25, -0.2) is 0 Å². The van der Waals surface area contributed by atoms with Crippen molar-refractivity contribution in [2.45, 2.75) is 38.4 Å². The Balaban J connectivity index is 2.01. The Bertz CT molecular complexity index is 564. The van der Waals surface area contributed by atoms with E-state index >= 15 is 0 Å². The number of aliphatic hydroxyl groups is 1. The highest BCUT2D eigenvalue weighted by Gasteiger charge is 2.40. The summed E-state index contributed by atoms with van der Waals surface area (Å²) in [5.74, 6) is 0.601. The first-order chi connectivity index (χ1) is 8.60. The van der Waals surface area contributed by atoms with E-state index in [1.807, 2.05) is 38.1 Å². The van der Waals surface area contributed by atoms with Crippen LogP contribution in [0.2, 0.25) is 0 Å². The largest absolute Gasteiger partial charge is 0.458 e. The van der Waals surface area contributed by atoms with Crippen LogP contribution >= 0.6 is 0 Å². The smallest absolute Gasteiger partial charge is 0.140 e. The lowest BCUT2D eigenvalue weighted by Crippen LogP contribution is -2.31. The monoisotopic (exact) mass is 246 g/mol. The molecule has 1 fully saturated rings. The Kier molecular flexibility index (Phi) is 2.68. The molecule has 1 N–H and O–H groups in total. The molecule has 1 saturated heterocycles. The number of hydrogen-bond donors (Lipinski definition) is 1. The van der Waals surface area contributed by atoms with Gasteiger partial charge in [0.1, 0.15) is 17.4 Å². The minimum absolute atomic E-state index is 0.512. The number of aliphatic hydroxyl groups excluding tert-OH is 1. The van der Waals surface area contributed by atoms with Crippen molar-refractivity contribution in [3.63, 3.8) is 0 Å². The second-order valence-corrected chi connectivity index (χ2v) is 5.31. The van der Waals surface area contributed by atoms with E-state index in [1.165, 1.54) is 0 Å². The maximum Gasteiger partial charge on any atom is 0.140 e. The highest BCUT2D eigenvalue weighted by molar-refractivity contribution is 5.81. The standard InChI is InChI=1S/C15H18O3/c1-10-5-3-6-11-9-12(18-13(10)11)14(16)15(2)7-4-8-17-15/h3,5-6,9,14,16H,4,7-8H2,1-2H3. The first-order valence-electron chi connectivity index (χ1n) is 6.41. The molecule has 0 aliphatic carbocycles. The molecule has 1 aliphatic rings. The Morgan fingerprint density at radius 2 is 2.22 bits per heavy atom. The van der Waals surface area contributed by atoms with Gasteiger partial charge in [0.15, 0.2) is 0 Å². The summed E-state index contributed by atoms with van der Waals surface area (Å²) in [4.78, 5) is 0. The SMILES string of the molecule is Cc1cccc2cc(C(O)C3(C)CCCO3)oc12. The van der Waals surface area contributed by atoms with Crippen molar-refractivity contribution in [1.82, 2.24) is 0 Å². The first-order valence-corrected chi connectivity index (χ1v) is 6.41. The summed E-state index contributed by atoms with van der Waals surface area (Å²) in [5.41, 5.74) is 1.43. The maximum absolute atomic E-state index is 10.5. The third kappa shape index (κ3) is 1.74. The average Bonchev–Trinajstić information content (AvgIpc) is 2.96. The Morgan fingerprint density at radius 3 is 2.89 bits per heavy atom. The molecule has 3 heteroatoms. The van der Waals surface area contributed by atoms with Gasteiger partial charge in [-0.1, -0.05) is 18.2 Å². The zero-order valence-electron chi connectivity index (χ0n) is 10.8. The number of benzene rings is 1. The minimum atomic E-state index is -0.702. The maximum atomic E-state index is 10.5. The van der Waals surface area contributed by atoms with Gasteiger partial charge >= 0.3 is 0 Å². The predicted molar refractivity (Wildman–Crippen MR) is 69.5 cm³/mol. The molecule has 0 saturated carbocycles. The molecular weight excluding hydrogens is 228 g/mol. The molecule has 2 unspecified atom stereocenters. The second kappa shape index (κ2) is 4.11. The fourth-order valence-electron chi connectivity index (χ4n) is 2.68. The summed E-state index contributed by atoms with van der Waals surface area (Å²) in [6.07, 6.45) is 1.16. The lowest BCUT2D eigenvalue weighted by atomic mass is 9.94. The zero-order chi connectivity index (χ0) is 12.8. The van der Waals surface area contributed by atoms with Crippen LogP contribution in [0.15, 0.2) is 28.7 Å². The molecule has 0 amide bonds. The van der Waals surface area contributed by atoms with E-state index < -0.39 is 11.7 Å². The quantitative estimate of drug-likeness (QED) is 0.883. The fraction of sp³-hybridized carbons (Fsp3) is 0.467. The number of para-hydroxylation sites is 1. The zero-order valence-corrected chi connectivity index (χ0v) is 10.8. The molecule has 0 radical (unpaired) electrons. The second-order valence-electron chi connectivity index (χ2n) is 5.31. The van der Waals surface area contributed by atoms with Crippen molar-refractivity contribution in [1.29, 1.82) is 0 Å². The molecule has 18 heavy (non-hydrogen) atoms. The molecule has 1 aromatic carbocycles. The van der Waals surface area contributed by atoms with Gasteiger partial charge in [-0.05, 0) is 38.3 Å². The van der Waals surface area contributed by atoms with Crippen LogP contribution in [0.4, 0.5) is 0 Å². The number of rotatable bonds is 2. The Morgan fingerprint density at radius 1 is 1.39 bits per heavy atom. The van der Waals surface area contributed by atoms with Gasteiger partial charge in [0.05, 0.1) is 5.60 Å². The van der Waals surface area contributed by atoms with E-state index in [-0.39, 0.29) is 0 Å². The first kappa shape index (κ1) is 11.8. The number of fused-ring (bicyclic) bond motifs is 1. The van der Waals surface area contributed by atoms with Gasteiger partial charge in [0.2, 0.25) is 0 Å². The molecule has 3 nitrogen and oxygen atoms in total. The van der Waals surface area contributed by atoms with Crippen molar-refractivity contribution in [2.75, 3.05) is 6.61 Å². The molecule has 2 aromatic rings. The van der Waals surface area contributed by atoms with Crippen molar-refractivity contribution in [2.24, 2.45) is 0 Å². The summed E-state index contributed by atoms with van der Waals surface area (Å²) in [6, 6.07) is 7.92. The van der Waals surface area contributed by atoms with Gasteiger partial charge < -0.3 is 14.3 Å². The highest BCUT2D eigenvalue weighted by atomic mass is 16.5. The molecule has 2 atom stereocenters. The van der Waals surface area contributed by atoms with Crippen molar-refractivity contribution in [3.8, 4) is 0 Å². The van der Waals surface area contributed by atoms with Crippen LogP contribution in [0.1, 0.15) is 37.2 Å². The minimum Gasteiger partial charge on any atom is -0.458 e. The van der Waals surface area contributed by atoms with E-state index in [4.69, 9.17) is 9.15 Å². The average molecular weight is 246 g/mol. The summed E-state index contributed by atoms with van der Waals surface area (Å²) in [7, 11) is 0. The van der Waals surface area contributed by atoms with Crippen molar-refractivity contribution < 1.29 is 14.3 Å². The third-order valence-corrected chi connectivity index (χ3v) is 3.86. The van der Waals surface area contributed by atoms with E-state index in [0.717, 1.165) is 29.4 Å². The molecular formula is C15H18O3. The highest BCUT2D eigenvalue weighted by Crippen LogP contribution is 2.39. The topological polar surface area (TPSA) is 42.6 Å². The summed E-state index contributed by atoms with van der Waals surface area (Å²) >= 11 is 0. The van der Waals surface area contributed by atoms with E-state index in [9.17, 15) is 5.11 Å². The molecule has 96 valence electrons. The summed E-state index contributed by atoms with van der Waals surface area (Å²) in [6.45, 7) is 4.67. The van der Waals surface area contributed by atoms with Crippen LogP contribution in [-0.2, 0) is 4.74 Å². The number of ether oxygens (including phenoxy) is 1. The number of hydrogen-bond acceptors (Lipinski definition) is 3. The van der Waals surface area contributed by atoms with Crippen LogP contribution in [0.3, 0.4) is 0 Å². The van der Waals surface area contributed by atoms with Gasteiger partial charge in [-0.15, -0.1) is 0 Å². The predicted octanol–water partition coefficient (Wildman–Crippen LogP) is 3.34. The van der Waals surface area contributed by atoms with E-state index in [0.29, 0.717) is 12.4 Å². The van der Waals surface area contributed by atoms with E-state index in [2.05, 4.69) is 0 Å². The van der Waals surface area contributed by atoms with Gasteiger partial charge in [0, 0.05) is 12.0 Å². The van der Waals surface area contributed by atoms with Crippen LogP contribution in [-0.4, -0.2) is 17.3 Å².